The Morgan fingerprint density at radius 3 is 2.62 bits per heavy atom. The molecule has 2 unspecified atom stereocenters. The van der Waals surface area contributed by atoms with Gasteiger partial charge in [0.2, 0.25) is 0 Å². The zero-order valence-electron chi connectivity index (χ0n) is 10.7. The fourth-order valence-corrected chi connectivity index (χ4v) is 4.47. The number of rotatable bonds is 3. The Morgan fingerprint density at radius 1 is 1.56 bits per heavy atom. The van der Waals surface area contributed by atoms with E-state index < -0.39 is 0 Å². The van der Waals surface area contributed by atoms with E-state index in [1.807, 2.05) is 18.7 Å². The molecule has 1 heterocycles. The SMILES string of the molecule is COC(=O)CC1(C(C)N)CSCCC1(C)C. The van der Waals surface area contributed by atoms with Crippen LogP contribution in [0.2, 0.25) is 0 Å². The van der Waals surface area contributed by atoms with Gasteiger partial charge in [0.15, 0.2) is 0 Å². The first-order chi connectivity index (χ1) is 7.35. The predicted octanol–water partition coefficient (Wildman–Crippen LogP) is 2.05. The number of hydrogen-bond acceptors (Lipinski definition) is 4. The highest BCUT2D eigenvalue weighted by molar-refractivity contribution is 7.99. The van der Waals surface area contributed by atoms with Crippen LogP contribution >= 0.6 is 11.8 Å². The van der Waals surface area contributed by atoms with Crippen molar-refractivity contribution < 1.29 is 9.53 Å². The number of carbonyl (C=O) groups excluding carboxylic acids is 1. The third-order valence-corrected chi connectivity index (χ3v) is 5.35. The van der Waals surface area contributed by atoms with Gasteiger partial charge in [-0.1, -0.05) is 13.8 Å². The molecule has 4 heteroatoms. The van der Waals surface area contributed by atoms with Gasteiger partial charge in [0, 0.05) is 17.2 Å². The molecule has 0 aromatic heterocycles. The van der Waals surface area contributed by atoms with Gasteiger partial charge in [-0.05, 0) is 24.5 Å². The number of thioether (sulfide) groups is 1. The monoisotopic (exact) mass is 245 g/mol. The molecule has 0 bridgehead atoms. The van der Waals surface area contributed by atoms with Crippen LogP contribution in [0.1, 0.15) is 33.6 Å². The summed E-state index contributed by atoms with van der Waals surface area (Å²) in [7, 11) is 1.44. The van der Waals surface area contributed by atoms with Crippen LogP contribution in [0.3, 0.4) is 0 Å². The van der Waals surface area contributed by atoms with E-state index in [0.717, 1.165) is 17.9 Å². The number of methoxy groups -OCH3 is 1. The second-order valence-corrected chi connectivity index (χ2v) is 6.49. The van der Waals surface area contributed by atoms with Crippen molar-refractivity contribution >= 4 is 17.7 Å². The highest BCUT2D eigenvalue weighted by atomic mass is 32.2. The summed E-state index contributed by atoms with van der Waals surface area (Å²) in [4.78, 5) is 11.6. The van der Waals surface area contributed by atoms with Crippen molar-refractivity contribution in [1.29, 1.82) is 0 Å². The van der Waals surface area contributed by atoms with E-state index in [-0.39, 0.29) is 22.8 Å². The Morgan fingerprint density at radius 2 is 2.19 bits per heavy atom. The van der Waals surface area contributed by atoms with E-state index in [1.54, 1.807) is 0 Å². The molecule has 16 heavy (non-hydrogen) atoms. The molecule has 0 amide bonds. The van der Waals surface area contributed by atoms with Gasteiger partial charge in [-0.15, -0.1) is 0 Å². The number of ether oxygens (including phenoxy) is 1. The maximum atomic E-state index is 11.6. The predicted molar refractivity (Wildman–Crippen MR) is 68.4 cm³/mol. The van der Waals surface area contributed by atoms with E-state index in [0.29, 0.717) is 6.42 Å². The molecular formula is C12H23NO2S. The second kappa shape index (κ2) is 4.96. The first-order valence-corrected chi connectivity index (χ1v) is 6.91. The Kier molecular flexibility index (Phi) is 4.29. The van der Waals surface area contributed by atoms with Crippen LogP contribution < -0.4 is 5.73 Å². The summed E-state index contributed by atoms with van der Waals surface area (Å²) in [6.07, 6.45) is 1.54. The van der Waals surface area contributed by atoms with Crippen LogP contribution in [-0.2, 0) is 9.53 Å². The average molecular weight is 245 g/mol. The summed E-state index contributed by atoms with van der Waals surface area (Å²) in [5, 5.41) is 0. The molecule has 1 aliphatic rings. The van der Waals surface area contributed by atoms with E-state index in [4.69, 9.17) is 10.5 Å². The number of esters is 1. The summed E-state index contributed by atoms with van der Waals surface area (Å²) < 4.78 is 4.82. The van der Waals surface area contributed by atoms with Gasteiger partial charge in [-0.2, -0.15) is 11.8 Å². The number of nitrogens with two attached hydrogens (primary N) is 1. The lowest BCUT2D eigenvalue weighted by atomic mass is 9.59. The van der Waals surface area contributed by atoms with Crippen molar-refractivity contribution in [3.63, 3.8) is 0 Å². The standard InChI is InChI=1S/C12H23NO2S/c1-9(13)12(7-10(14)15-4)8-16-6-5-11(12,2)3/h9H,5-8,13H2,1-4H3. The molecule has 1 aliphatic heterocycles. The van der Waals surface area contributed by atoms with Gasteiger partial charge in [0.1, 0.15) is 0 Å². The van der Waals surface area contributed by atoms with Gasteiger partial charge >= 0.3 is 5.97 Å². The minimum Gasteiger partial charge on any atom is -0.469 e. The topological polar surface area (TPSA) is 52.3 Å². The van der Waals surface area contributed by atoms with Gasteiger partial charge in [-0.3, -0.25) is 4.79 Å². The summed E-state index contributed by atoms with van der Waals surface area (Å²) in [6, 6.07) is 0.00870. The molecule has 1 rings (SSSR count). The van der Waals surface area contributed by atoms with Crippen molar-refractivity contribution in [3.05, 3.63) is 0 Å². The van der Waals surface area contributed by atoms with Gasteiger partial charge in [-0.25, -0.2) is 0 Å². The molecule has 1 fully saturated rings. The van der Waals surface area contributed by atoms with Crippen LogP contribution in [0.15, 0.2) is 0 Å². The Hall–Kier alpha value is -0.220. The first kappa shape index (κ1) is 13.8. The van der Waals surface area contributed by atoms with E-state index in [1.165, 1.54) is 7.11 Å². The zero-order valence-corrected chi connectivity index (χ0v) is 11.5. The molecule has 0 aliphatic carbocycles. The summed E-state index contributed by atoms with van der Waals surface area (Å²) in [5.74, 6) is 1.96. The summed E-state index contributed by atoms with van der Waals surface area (Å²) in [6.45, 7) is 6.45. The first-order valence-electron chi connectivity index (χ1n) is 5.76. The smallest absolute Gasteiger partial charge is 0.306 e. The lowest BCUT2D eigenvalue weighted by Crippen LogP contribution is -2.55. The molecule has 0 aromatic rings. The Balaban J connectivity index is 2.98. The molecule has 0 aromatic carbocycles. The summed E-state index contributed by atoms with van der Waals surface area (Å²) >= 11 is 1.90. The molecule has 2 atom stereocenters. The largest absolute Gasteiger partial charge is 0.469 e. The maximum Gasteiger partial charge on any atom is 0.306 e. The fourth-order valence-electron chi connectivity index (χ4n) is 2.55. The van der Waals surface area contributed by atoms with Crippen LogP contribution in [0, 0.1) is 10.8 Å². The lowest BCUT2D eigenvalue weighted by Gasteiger charge is -2.52. The van der Waals surface area contributed by atoms with Crippen LogP contribution in [-0.4, -0.2) is 30.6 Å². The highest BCUT2D eigenvalue weighted by Gasteiger charge is 2.50. The van der Waals surface area contributed by atoms with E-state index >= 15 is 0 Å². The van der Waals surface area contributed by atoms with Crippen molar-refractivity contribution in [1.82, 2.24) is 0 Å². The molecule has 2 N–H and O–H groups in total. The van der Waals surface area contributed by atoms with Crippen molar-refractivity contribution in [2.45, 2.75) is 39.7 Å². The Labute approximate surface area is 102 Å². The Bertz CT molecular complexity index is 266. The van der Waals surface area contributed by atoms with Gasteiger partial charge in [0.25, 0.3) is 0 Å². The summed E-state index contributed by atoms with van der Waals surface area (Å²) in [5.41, 5.74) is 6.12. The van der Waals surface area contributed by atoms with E-state index in [2.05, 4.69) is 13.8 Å². The molecule has 94 valence electrons. The minimum absolute atomic E-state index is 0.00870. The number of carbonyl (C=O) groups is 1. The maximum absolute atomic E-state index is 11.6. The van der Waals surface area contributed by atoms with Gasteiger partial charge in [0.05, 0.1) is 13.5 Å². The van der Waals surface area contributed by atoms with Gasteiger partial charge < -0.3 is 10.5 Å². The lowest BCUT2D eigenvalue weighted by molar-refractivity contribution is -0.146. The van der Waals surface area contributed by atoms with Crippen LogP contribution in [0.25, 0.3) is 0 Å². The molecule has 0 radical (unpaired) electrons. The molecule has 1 saturated heterocycles. The van der Waals surface area contributed by atoms with Crippen molar-refractivity contribution in [2.24, 2.45) is 16.6 Å². The highest BCUT2D eigenvalue weighted by Crippen LogP contribution is 2.52. The van der Waals surface area contributed by atoms with E-state index in [9.17, 15) is 4.79 Å². The second-order valence-electron chi connectivity index (χ2n) is 5.38. The van der Waals surface area contributed by atoms with Crippen LogP contribution in [0.4, 0.5) is 0 Å². The molecule has 0 spiro atoms. The van der Waals surface area contributed by atoms with Crippen LogP contribution in [0.5, 0.6) is 0 Å². The van der Waals surface area contributed by atoms with Crippen molar-refractivity contribution in [2.75, 3.05) is 18.6 Å². The normalized spacial score (nSPS) is 30.8. The fraction of sp³-hybridized carbons (Fsp3) is 0.917. The number of hydrogen-bond donors (Lipinski definition) is 1. The van der Waals surface area contributed by atoms with Crippen molar-refractivity contribution in [3.8, 4) is 0 Å². The zero-order chi connectivity index (χ0) is 12.4. The molecule has 3 nitrogen and oxygen atoms in total. The molecule has 0 saturated carbocycles. The third kappa shape index (κ3) is 2.38. The molecular weight excluding hydrogens is 222 g/mol. The minimum atomic E-state index is -0.145. The average Bonchev–Trinajstić information content (AvgIpc) is 2.20. The third-order valence-electron chi connectivity index (χ3n) is 4.14. The quantitative estimate of drug-likeness (QED) is 0.773.